The van der Waals surface area contributed by atoms with E-state index in [1.165, 1.54) is 64.7 Å². The maximum absolute atomic E-state index is 3.73. The summed E-state index contributed by atoms with van der Waals surface area (Å²) < 4.78 is 0. The zero-order valence-corrected chi connectivity index (χ0v) is 12.0. The first kappa shape index (κ1) is 13.4. The topological polar surface area (TPSA) is 15.3 Å². The van der Waals surface area contributed by atoms with Gasteiger partial charge < -0.3 is 10.2 Å². The Kier molecular flexibility index (Phi) is 4.14. The van der Waals surface area contributed by atoms with E-state index in [2.05, 4.69) is 31.0 Å². The summed E-state index contributed by atoms with van der Waals surface area (Å²) in [5.74, 6) is 0. The Morgan fingerprint density at radius 2 is 1.82 bits per heavy atom. The van der Waals surface area contributed by atoms with E-state index in [1.54, 1.807) is 0 Å². The number of hydrogen-bond acceptors (Lipinski definition) is 2. The SMILES string of the molecule is CCC1(C)CN(CC2(C)CCCC2)CCCN1. The first-order valence-electron chi connectivity index (χ1n) is 7.53. The normalized spacial score (nSPS) is 34.8. The molecule has 2 heteroatoms. The number of hydrogen-bond donors (Lipinski definition) is 1. The molecule has 17 heavy (non-hydrogen) atoms. The fraction of sp³-hybridized carbons (Fsp3) is 1.00. The molecule has 0 amide bonds. The second-order valence-electron chi connectivity index (χ2n) is 6.92. The van der Waals surface area contributed by atoms with Gasteiger partial charge in [-0.25, -0.2) is 0 Å². The van der Waals surface area contributed by atoms with Gasteiger partial charge in [-0.3, -0.25) is 0 Å². The van der Waals surface area contributed by atoms with Crippen LogP contribution in [0.5, 0.6) is 0 Å². The highest BCUT2D eigenvalue weighted by Crippen LogP contribution is 2.38. The lowest BCUT2D eigenvalue weighted by Gasteiger charge is -2.37. The van der Waals surface area contributed by atoms with Crippen LogP contribution < -0.4 is 5.32 Å². The van der Waals surface area contributed by atoms with E-state index in [9.17, 15) is 0 Å². The van der Waals surface area contributed by atoms with E-state index >= 15 is 0 Å². The van der Waals surface area contributed by atoms with Crippen molar-refractivity contribution in [2.45, 2.75) is 64.8 Å². The molecule has 1 saturated carbocycles. The summed E-state index contributed by atoms with van der Waals surface area (Å²) >= 11 is 0. The molecule has 1 N–H and O–H groups in total. The highest BCUT2D eigenvalue weighted by molar-refractivity contribution is 4.91. The Labute approximate surface area is 107 Å². The molecule has 100 valence electrons. The quantitative estimate of drug-likeness (QED) is 0.813. The van der Waals surface area contributed by atoms with Gasteiger partial charge in [-0.15, -0.1) is 0 Å². The van der Waals surface area contributed by atoms with Crippen LogP contribution in [0.3, 0.4) is 0 Å². The Morgan fingerprint density at radius 1 is 1.12 bits per heavy atom. The summed E-state index contributed by atoms with van der Waals surface area (Å²) in [5, 5.41) is 3.73. The van der Waals surface area contributed by atoms with Gasteiger partial charge in [0.25, 0.3) is 0 Å². The third kappa shape index (κ3) is 3.45. The minimum atomic E-state index is 0.339. The molecule has 0 aromatic carbocycles. The maximum Gasteiger partial charge on any atom is 0.0277 e. The van der Waals surface area contributed by atoms with Gasteiger partial charge in [-0.1, -0.05) is 26.7 Å². The van der Waals surface area contributed by atoms with Crippen molar-refractivity contribution in [1.29, 1.82) is 0 Å². The average molecular weight is 238 g/mol. The average Bonchev–Trinajstić information content (AvgIpc) is 2.62. The molecular formula is C15H30N2. The summed E-state index contributed by atoms with van der Waals surface area (Å²) in [7, 11) is 0. The third-order valence-corrected chi connectivity index (χ3v) is 4.97. The molecule has 2 nitrogen and oxygen atoms in total. The Morgan fingerprint density at radius 3 is 2.47 bits per heavy atom. The van der Waals surface area contributed by atoms with Crippen LogP contribution in [0.25, 0.3) is 0 Å². The van der Waals surface area contributed by atoms with Crippen LogP contribution in [-0.4, -0.2) is 36.6 Å². The second-order valence-corrected chi connectivity index (χ2v) is 6.92. The molecule has 0 radical (unpaired) electrons. The molecule has 2 aliphatic rings. The molecule has 0 aromatic rings. The van der Waals surface area contributed by atoms with Crippen LogP contribution in [0.2, 0.25) is 0 Å². The summed E-state index contributed by atoms with van der Waals surface area (Å²) in [6.07, 6.45) is 8.34. The van der Waals surface area contributed by atoms with Gasteiger partial charge in [0.15, 0.2) is 0 Å². The highest BCUT2D eigenvalue weighted by atomic mass is 15.2. The predicted molar refractivity (Wildman–Crippen MR) is 74.3 cm³/mol. The zero-order chi connectivity index (χ0) is 12.4. The molecular weight excluding hydrogens is 208 g/mol. The fourth-order valence-electron chi connectivity index (χ4n) is 3.62. The molecule has 2 rings (SSSR count). The van der Waals surface area contributed by atoms with Gasteiger partial charge >= 0.3 is 0 Å². The monoisotopic (exact) mass is 238 g/mol. The number of rotatable bonds is 3. The van der Waals surface area contributed by atoms with Gasteiger partial charge in [0.05, 0.1) is 0 Å². The summed E-state index contributed by atoms with van der Waals surface area (Å²) in [5.41, 5.74) is 0.949. The molecule has 0 bridgehead atoms. The van der Waals surface area contributed by atoms with Crippen molar-refractivity contribution < 1.29 is 0 Å². The first-order valence-corrected chi connectivity index (χ1v) is 7.53. The van der Waals surface area contributed by atoms with E-state index in [0.717, 1.165) is 0 Å². The molecule has 1 aliphatic carbocycles. The van der Waals surface area contributed by atoms with Crippen molar-refractivity contribution >= 4 is 0 Å². The lowest BCUT2D eigenvalue weighted by molar-refractivity contribution is 0.143. The molecule has 0 aromatic heterocycles. The first-order chi connectivity index (χ1) is 8.05. The van der Waals surface area contributed by atoms with Crippen molar-refractivity contribution in [2.24, 2.45) is 5.41 Å². The Balaban J connectivity index is 1.95. The van der Waals surface area contributed by atoms with Crippen LogP contribution >= 0.6 is 0 Å². The minimum Gasteiger partial charge on any atom is -0.310 e. The van der Waals surface area contributed by atoms with E-state index in [-0.39, 0.29) is 0 Å². The smallest absolute Gasteiger partial charge is 0.0277 e. The van der Waals surface area contributed by atoms with Crippen LogP contribution in [0.4, 0.5) is 0 Å². The highest BCUT2D eigenvalue weighted by Gasteiger charge is 2.34. The van der Waals surface area contributed by atoms with Crippen LogP contribution in [0.1, 0.15) is 59.3 Å². The predicted octanol–water partition coefficient (Wildman–Crippen LogP) is 3.03. The molecule has 1 heterocycles. The number of nitrogens with zero attached hydrogens (tertiary/aromatic N) is 1. The number of nitrogens with one attached hydrogen (secondary N) is 1. The van der Waals surface area contributed by atoms with Gasteiger partial charge in [-0.2, -0.15) is 0 Å². The van der Waals surface area contributed by atoms with Crippen LogP contribution in [-0.2, 0) is 0 Å². The van der Waals surface area contributed by atoms with Crippen molar-refractivity contribution in [1.82, 2.24) is 10.2 Å². The lowest BCUT2D eigenvalue weighted by atomic mass is 9.87. The largest absolute Gasteiger partial charge is 0.310 e. The summed E-state index contributed by atoms with van der Waals surface area (Å²) in [4.78, 5) is 2.73. The van der Waals surface area contributed by atoms with E-state index in [4.69, 9.17) is 0 Å². The molecule has 2 fully saturated rings. The third-order valence-electron chi connectivity index (χ3n) is 4.97. The minimum absolute atomic E-state index is 0.339. The van der Waals surface area contributed by atoms with Gasteiger partial charge in [0.1, 0.15) is 0 Å². The van der Waals surface area contributed by atoms with Crippen molar-refractivity contribution in [2.75, 3.05) is 26.2 Å². The second kappa shape index (κ2) is 5.27. The van der Waals surface area contributed by atoms with E-state index < -0.39 is 0 Å². The molecule has 1 saturated heterocycles. The summed E-state index contributed by atoms with van der Waals surface area (Å²) in [6, 6.07) is 0. The van der Waals surface area contributed by atoms with Crippen LogP contribution in [0.15, 0.2) is 0 Å². The van der Waals surface area contributed by atoms with Crippen LogP contribution in [0, 0.1) is 5.41 Å². The van der Waals surface area contributed by atoms with Gasteiger partial charge in [-0.05, 0) is 51.1 Å². The fourth-order valence-corrected chi connectivity index (χ4v) is 3.62. The standard InChI is InChI=1S/C15H30N2/c1-4-15(3)13-17(11-7-10-16-15)12-14(2)8-5-6-9-14/h16H,4-13H2,1-3H3. The van der Waals surface area contributed by atoms with Gasteiger partial charge in [0, 0.05) is 18.6 Å². The van der Waals surface area contributed by atoms with Crippen molar-refractivity contribution in [3.8, 4) is 0 Å². The van der Waals surface area contributed by atoms with Gasteiger partial charge in [0.2, 0.25) is 0 Å². The molecule has 0 spiro atoms. The summed E-state index contributed by atoms with van der Waals surface area (Å²) in [6.45, 7) is 12.2. The molecule has 1 atom stereocenters. The van der Waals surface area contributed by atoms with E-state index in [0.29, 0.717) is 11.0 Å². The lowest BCUT2D eigenvalue weighted by Crippen LogP contribution is -2.50. The van der Waals surface area contributed by atoms with Crippen molar-refractivity contribution in [3.63, 3.8) is 0 Å². The Hall–Kier alpha value is -0.0800. The maximum atomic E-state index is 3.73. The molecule has 1 aliphatic heterocycles. The van der Waals surface area contributed by atoms with E-state index in [1.807, 2.05) is 0 Å². The molecule has 1 unspecified atom stereocenters. The zero-order valence-electron chi connectivity index (χ0n) is 12.0. The Bertz CT molecular complexity index is 245. The van der Waals surface area contributed by atoms with Crippen molar-refractivity contribution in [3.05, 3.63) is 0 Å².